The lowest BCUT2D eigenvalue weighted by Crippen LogP contribution is -2.15. The highest BCUT2D eigenvalue weighted by Gasteiger charge is 2.16. The molecule has 0 unspecified atom stereocenters. The Hall–Kier alpha value is -2.82. The molecule has 2 heterocycles. The molecule has 0 fully saturated rings. The second kappa shape index (κ2) is 5.66. The van der Waals surface area contributed by atoms with E-state index in [0.29, 0.717) is 30.3 Å². The lowest BCUT2D eigenvalue weighted by Gasteiger charge is -2.19. The van der Waals surface area contributed by atoms with Crippen molar-refractivity contribution in [3.8, 4) is 11.5 Å². The number of benzene rings is 1. The van der Waals surface area contributed by atoms with Crippen molar-refractivity contribution < 1.29 is 19.4 Å². The van der Waals surface area contributed by atoms with Gasteiger partial charge in [0, 0.05) is 12.4 Å². The third-order valence-corrected chi connectivity index (χ3v) is 3.10. The Kier molecular flexibility index (Phi) is 3.55. The average Bonchev–Trinajstić information content (AvgIpc) is 2.53. The number of fused-ring (bicyclic) bond motifs is 1. The van der Waals surface area contributed by atoms with Gasteiger partial charge in [-0.2, -0.15) is 0 Å². The Morgan fingerprint density at radius 2 is 1.81 bits per heavy atom. The highest BCUT2D eigenvalue weighted by Crippen LogP contribution is 2.33. The molecule has 3 rings (SSSR count). The van der Waals surface area contributed by atoms with E-state index in [-0.39, 0.29) is 5.57 Å². The zero-order valence-corrected chi connectivity index (χ0v) is 11.2. The van der Waals surface area contributed by atoms with Gasteiger partial charge < -0.3 is 14.6 Å². The molecule has 1 aromatic heterocycles. The summed E-state index contributed by atoms with van der Waals surface area (Å²) in [4.78, 5) is 15.4. The van der Waals surface area contributed by atoms with Crippen LogP contribution < -0.4 is 9.47 Å². The number of ether oxygens (including phenoxy) is 2. The van der Waals surface area contributed by atoms with Crippen molar-refractivity contribution in [2.24, 2.45) is 0 Å². The Morgan fingerprint density at radius 3 is 2.52 bits per heavy atom. The van der Waals surface area contributed by atoms with E-state index in [0.717, 1.165) is 5.56 Å². The van der Waals surface area contributed by atoms with Crippen LogP contribution in [-0.2, 0) is 4.79 Å². The maximum atomic E-state index is 11.5. The fourth-order valence-electron chi connectivity index (χ4n) is 2.11. The molecule has 0 saturated carbocycles. The van der Waals surface area contributed by atoms with Crippen molar-refractivity contribution in [3.63, 3.8) is 0 Å². The van der Waals surface area contributed by atoms with E-state index in [2.05, 4.69) is 4.98 Å². The summed E-state index contributed by atoms with van der Waals surface area (Å²) >= 11 is 0. The topological polar surface area (TPSA) is 68.7 Å². The summed E-state index contributed by atoms with van der Waals surface area (Å²) < 4.78 is 10.9. The first-order chi connectivity index (χ1) is 10.2. The third kappa shape index (κ3) is 2.86. The molecule has 1 aromatic carbocycles. The van der Waals surface area contributed by atoms with E-state index >= 15 is 0 Å². The average molecular weight is 283 g/mol. The van der Waals surface area contributed by atoms with Crippen LogP contribution in [0, 0.1) is 0 Å². The minimum absolute atomic E-state index is 0.193. The van der Waals surface area contributed by atoms with E-state index < -0.39 is 5.97 Å². The number of carboxylic acid groups (broad SMARTS) is 1. The van der Waals surface area contributed by atoms with Gasteiger partial charge in [0.05, 0.1) is 5.57 Å². The number of nitrogens with zero attached hydrogens (tertiary/aromatic N) is 1. The number of carbonyl (C=O) groups is 1. The van der Waals surface area contributed by atoms with Crippen LogP contribution in [0.5, 0.6) is 11.5 Å². The van der Waals surface area contributed by atoms with E-state index in [4.69, 9.17) is 9.47 Å². The zero-order valence-electron chi connectivity index (χ0n) is 11.2. The van der Waals surface area contributed by atoms with Crippen LogP contribution in [0.1, 0.15) is 11.1 Å². The standard InChI is InChI=1S/C16H13NO4/c18-16(19)13(9-11-3-5-17-6-4-11)12-1-2-14-15(10-12)21-8-7-20-14/h1-6,9-10H,7-8H2,(H,18,19)/b13-9-. The molecule has 106 valence electrons. The van der Waals surface area contributed by atoms with Gasteiger partial charge in [0.15, 0.2) is 11.5 Å². The Balaban J connectivity index is 2.02. The SMILES string of the molecule is O=C(O)/C(=C\c1ccncc1)c1ccc2c(c1)OCCO2. The van der Waals surface area contributed by atoms with Crippen LogP contribution in [0.3, 0.4) is 0 Å². The highest BCUT2D eigenvalue weighted by molar-refractivity contribution is 6.20. The molecule has 0 spiro atoms. The van der Waals surface area contributed by atoms with Crippen molar-refractivity contribution in [2.45, 2.75) is 0 Å². The predicted octanol–water partition coefficient (Wildman–Crippen LogP) is 2.48. The highest BCUT2D eigenvalue weighted by atomic mass is 16.6. The summed E-state index contributed by atoms with van der Waals surface area (Å²) in [5.41, 5.74) is 1.54. The van der Waals surface area contributed by atoms with Gasteiger partial charge in [-0.25, -0.2) is 4.79 Å². The molecular formula is C16H13NO4. The summed E-state index contributed by atoms with van der Waals surface area (Å²) in [7, 11) is 0. The lowest BCUT2D eigenvalue weighted by atomic mass is 10.0. The number of rotatable bonds is 3. The maximum Gasteiger partial charge on any atom is 0.336 e. The van der Waals surface area contributed by atoms with Crippen LogP contribution in [-0.4, -0.2) is 29.3 Å². The van der Waals surface area contributed by atoms with Crippen LogP contribution >= 0.6 is 0 Å². The van der Waals surface area contributed by atoms with Crippen LogP contribution in [0.2, 0.25) is 0 Å². The fourth-order valence-corrected chi connectivity index (χ4v) is 2.11. The smallest absolute Gasteiger partial charge is 0.336 e. The van der Waals surface area contributed by atoms with Gasteiger partial charge in [0.2, 0.25) is 0 Å². The first-order valence-electron chi connectivity index (χ1n) is 6.49. The second-order valence-electron chi connectivity index (χ2n) is 4.50. The molecular weight excluding hydrogens is 270 g/mol. The molecule has 1 N–H and O–H groups in total. The normalized spacial score (nSPS) is 13.8. The van der Waals surface area contributed by atoms with Crippen LogP contribution in [0.25, 0.3) is 11.6 Å². The van der Waals surface area contributed by atoms with Crippen molar-refractivity contribution in [3.05, 3.63) is 53.9 Å². The number of carboxylic acids is 1. The number of hydrogen-bond donors (Lipinski definition) is 1. The van der Waals surface area contributed by atoms with Gasteiger partial charge in [-0.05, 0) is 41.5 Å². The molecule has 2 aromatic rings. The van der Waals surface area contributed by atoms with Crippen molar-refractivity contribution in [1.29, 1.82) is 0 Å². The summed E-state index contributed by atoms with van der Waals surface area (Å²) in [6.45, 7) is 0.970. The molecule has 0 atom stereocenters. The summed E-state index contributed by atoms with van der Waals surface area (Å²) in [5.74, 6) is 0.211. The summed E-state index contributed by atoms with van der Waals surface area (Å²) in [5, 5.41) is 9.44. The molecule has 5 heteroatoms. The third-order valence-electron chi connectivity index (χ3n) is 3.10. The van der Waals surface area contributed by atoms with Crippen molar-refractivity contribution in [2.75, 3.05) is 13.2 Å². The Labute approximate surface area is 121 Å². The number of hydrogen-bond acceptors (Lipinski definition) is 4. The Morgan fingerprint density at radius 1 is 1.10 bits per heavy atom. The molecule has 0 saturated heterocycles. The maximum absolute atomic E-state index is 11.5. The molecule has 1 aliphatic heterocycles. The van der Waals surface area contributed by atoms with Crippen LogP contribution in [0.4, 0.5) is 0 Å². The molecule has 0 aliphatic carbocycles. The van der Waals surface area contributed by atoms with Gasteiger partial charge in [0.1, 0.15) is 13.2 Å². The molecule has 0 radical (unpaired) electrons. The van der Waals surface area contributed by atoms with Gasteiger partial charge in [-0.1, -0.05) is 6.07 Å². The molecule has 21 heavy (non-hydrogen) atoms. The first kappa shape index (κ1) is 13.2. The van der Waals surface area contributed by atoms with Crippen molar-refractivity contribution >= 4 is 17.6 Å². The van der Waals surface area contributed by atoms with E-state index in [1.807, 2.05) is 0 Å². The van der Waals surface area contributed by atoms with Gasteiger partial charge in [-0.15, -0.1) is 0 Å². The minimum Gasteiger partial charge on any atom is -0.486 e. The van der Waals surface area contributed by atoms with Crippen LogP contribution in [0.15, 0.2) is 42.7 Å². The lowest BCUT2D eigenvalue weighted by molar-refractivity contribution is -0.130. The molecule has 0 bridgehead atoms. The zero-order chi connectivity index (χ0) is 14.7. The van der Waals surface area contributed by atoms with E-state index in [1.54, 1.807) is 48.8 Å². The fraction of sp³-hybridized carbons (Fsp3) is 0.125. The van der Waals surface area contributed by atoms with E-state index in [9.17, 15) is 9.90 Å². The van der Waals surface area contributed by atoms with Gasteiger partial charge in [-0.3, -0.25) is 4.98 Å². The molecule has 0 amide bonds. The largest absolute Gasteiger partial charge is 0.486 e. The first-order valence-corrected chi connectivity index (χ1v) is 6.49. The predicted molar refractivity (Wildman–Crippen MR) is 77.2 cm³/mol. The van der Waals surface area contributed by atoms with Gasteiger partial charge >= 0.3 is 5.97 Å². The number of pyridine rings is 1. The Bertz CT molecular complexity index is 695. The quantitative estimate of drug-likeness (QED) is 0.876. The monoisotopic (exact) mass is 283 g/mol. The number of aliphatic carboxylic acids is 1. The molecule has 5 nitrogen and oxygen atoms in total. The second-order valence-corrected chi connectivity index (χ2v) is 4.50. The summed E-state index contributed by atoms with van der Waals surface area (Å²) in [6.07, 6.45) is 4.85. The number of aromatic nitrogens is 1. The van der Waals surface area contributed by atoms with E-state index in [1.165, 1.54) is 0 Å². The van der Waals surface area contributed by atoms with Crippen molar-refractivity contribution in [1.82, 2.24) is 4.98 Å². The molecule has 1 aliphatic rings. The minimum atomic E-state index is -0.997. The summed E-state index contributed by atoms with van der Waals surface area (Å²) in [6, 6.07) is 8.64. The van der Waals surface area contributed by atoms with Gasteiger partial charge in [0.25, 0.3) is 0 Å².